The van der Waals surface area contributed by atoms with Gasteiger partial charge in [0.15, 0.2) is 0 Å². The number of amides is 3. The summed E-state index contributed by atoms with van der Waals surface area (Å²) >= 11 is 0. The van der Waals surface area contributed by atoms with Crippen LogP contribution in [-0.4, -0.2) is 56.3 Å². The molecule has 3 amide bonds. The Morgan fingerprint density at radius 2 is 1.56 bits per heavy atom. The van der Waals surface area contributed by atoms with Crippen molar-refractivity contribution in [3.63, 3.8) is 0 Å². The molecule has 1 unspecified atom stereocenters. The summed E-state index contributed by atoms with van der Waals surface area (Å²) in [5.41, 5.74) is 1.58. The van der Waals surface area contributed by atoms with Gasteiger partial charge in [0, 0.05) is 12.6 Å². The number of para-hydroxylation sites is 1. The molecule has 0 saturated carbocycles. The predicted octanol–water partition coefficient (Wildman–Crippen LogP) is 4.79. The molecule has 4 aromatic rings. The summed E-state index contributed by atoms with van der Waals surface area (Å²) in [5, 5.41) is 2.80. The van der Waals surface area contributed by atoms with Crippen molar-refractivity contribution in [3.05, 3.63) is 114 Å². The van der Waals surface area contributed by atoms with E-state index in [2.05, 4.69) is 5.32 Å². The number of anilines is 2. The Morgan fingerprint density at radius 1 is 0.844 bits per heavy atom. The highest BCUT2D eigenvalue weighted by Crippen LogP contribution is 2.33. The molecule has 230 valence electrons. The Kier molecular flexibility index (Phi) is 9.08. The van der Waals surface area contributed by atoms with Crippen molar-refractivity contribution in [2.24, 2.45) is 0 Å². The number of hydrogen-bond donors (Lipinski definition) is 1. The molecule has 45 heavy (non-hydrogen) atoms. The summed E-state index contributed by atoms with van der Waals surface area (Å²) < 4.78 is 30.6. The monoisotopic (exact) mass is 611 g/mol. The van der Waals surface area contributed by atoms with Crippen molar-refractivity contribution in [2.75, 3.05) is 38.1 Å². The molecule has 0 aromatic heterocycles. The molecule has 4 aromatic carbocycles. The van der Waals surface area contributed by atoms with Gasteiger partial charge in [-0.05, 0) is 59.7 Å². The molecular formula is C34H30FN3O7. The lowest BCUT2D eigenvalue weighted by Crippen LogP contribution is -2.46. The third-order valence-electron chi connectivity index (χ3n) is 7.40. The van der Waals surface area contributed by atoms with Gasteiger partial charge in [0.2, 0.25) is 5.91 Å². The Hall–Kier alpha value is -5.71. The summed E-state index contributed by atoms with van der Waals surface area (Å²) in [6.45, 7) is -0.641. The molecule has 0 bridgehead atoms. The number of rotatable bonds is 11. The van der Waals surface area contributed by atoms with Crippen LogP contribution in [0.5, 0.6) is 17.2 Å². The summed E-state index contributed by atoms with van der Waals surface area (Å²) in [7, 11) is 4.45. The summed E-state index contributed by atoms with van der Waals surface area (Å²) in [6.07, 6.45) is 0. The number of carbonyl (C=O) groups excluding carboxylic acids is 4. The number of ketones is 1. The van der Waals surface area contributed by atoms with E-state index in [9.17, 15) is 23.6 Å². The van der Waals surface area contributed by atoms with Crippen LogP contribution in [-0.2, 0) is 20.9 Å². The van der Waals surface area contributed by atoms with Crippen LogP contribution in [0.3, 0.4) is 0 Å². The fraction of sp³-hybridized carbons (Fsp3) is 0.176. The van der Waals surface area contributed by atoms with Gasteiger partial charge in [0.1, 0.15) is 35.7 Å². The highest BCUT2D eigenvalue weighted by Gasteiger charge is 2.39. The van der Waals surface area contributed by atoms with Gasteiger partial charge in [-0.15, -0.1) is 0 Å². The first-order chi connectivity index (χ1) is 21.7. The third kappa shape index (κ3) is 6.47. The van der Waals surface area contributed by atoms with Gasteiger partial charge in [-0.3, -0.25) is 24.1 Å². The molecule has 1 aliphatic heterocycles. The first-order valence-electron chi connectivity index (χ1n) is 13.9. The van der Waals surface area contributed by atoms with Crippen LogP contribution >= 0.6 is 0 Å². The van der Waals surface area contributed by atoms with Gasteiger partial charge >= 0.3 is 0 Å². The van der Waals surface area contributed by atoms with Gasteiger partial charge in [-0.25, -0.2) is 4.39 Å². The van der Waals surface area contributed by atoms with E-state index in [1.54, 1.807) is 60.7 Å². The van der Waals surface area contributed by atoms with Gasteiger partial charge in [0.25, 0.3) is 17.6 Å². The van der Waals surface area contributed by atoms with Crippen LogP contribution < -0.4 is 24.4 Å². The average Bonchev–Trinajstić information content (AvgIpc) is 3.29. The number of methoxy groups -OCH3 is 3. The molecule has 0 spiro atoms. The summed E-state index contributed by atoms with van der Waals surface area (Å²) in [5.74, 6) is -2.15. The standard InChI is InChI=1S/C34H30FN3O7/c1-43-24-13-11-21(12-14-24)19-38(30(39)20-37-28-10-5-4-9-26(28)32(40)34(37)42)31(22-7-6-8-23(35)17-22)33(41)36-27-16-15-25(44-2)18-29(27)45-3/h4-18,31H,19-20H2,1-3H3,(H,36,41). The van der Waals surface area contributed by atoms with Gasteiger partial charge in [-0.1, -0.05) is 36.4 Å². The number of halogens is 1. The van der Waals surface area contributed by atoms with Gasteiger partial charge in [-0.2, -0.15) is 0 Å². The predicted molar refractivity (Wildman–Crippen MR) is 164 cm³/mol. The number of ether oxygens (including phenoxy) is 3. The van der Waals surface area contributed by atoms with Crippen molar-refractivity contribution in [3.8, 4) is 17.2 Å². The van der Waals surface area contributed by atoms with Crippen LogP contribution in [0, 0.1) is 5.82 Å². The summed E-state index contributed by atoms with van der Waals surface area (Å²) in [4.78, 5) is 56.4. The topological polar surface area (TPSA) is 114 Å². The van der Waals surface area contributed by atoms with Crippen molar-refractivity contribution >= 4 is 34.9 Å². The van der Waals surface area contributed by atoms with Crippen molar-refractivity contribution in [1.82, 2.24) is 4.90 Å². The smallest absolute Gasteiger partial charge is 0.299 e. The minimum Gasteiger partial charge on any atom is -0.497 e. The Labute approximate surface area is 258 Å². The van der Waals surface area contributed by atoms with Crippen LogP contribution in [0.4, 0.5) is 15.8 Å². The average molecular weight is 612 g/mol. The lowest BCUT2D eigenvalue weighted by Gasteiger charge is -2.33. The number of fused-ring (bicyclic) bond motifs is 1. The van der Waals surface area contributed by atoms with Gasteiger partial charge in [0.05, 0.1) is 38.3 Å². The molecule has 11 heteroatoms. The SMILES string of the molecule is COc1ccc(CN(C(=O)CN2C(=O)C(=O)c3ccccc32)C(C(=O)Nc2ccc(OC)cc2OC)c2cccc(F)c2)cc1. The second-order valence-corrected chi connectivity index (χ2v) is 10.1. The molecular weight excluding hydrogens is 581 g/mol. The maximum absolute atomic E-state index is 14.6. The maximum atomic E-state index is 14.6. The minimum atomic E-state index is -1.37. The van der Waals surface area contributed by atoms with E-state index in [0.29, 0.717) is 28.5 Å². The quantitative estimate of drug-likeness (QED) is 0.243. The zero-order chi connectivity index (χ0) is 32.1. The normalized spacial score (nSPS) is 12.8. The first-order valence-corrected chi connectivity index (χ1v) is 13.9. The van der Waals surface area contributed by atoms with E-state index in [1.165, 1.54) is 56.6 Å². The number of hydrogen-bond acceptors (Lipinski definition) is 7. The first kappa shape index (κ1) is 30.7. The van der Waals surface area contributed by atoms with Crippen LogP contribution in [0.1, 0.15) is 27.5 Å². The molecule has 0 saturated heterocycles. The highest BCUT2D eigenvalue weighted by molar-refractivity contribution is 6.52. The zero-order valence-corrected chi connectivity index (χ0v) is 24.8. The Bertz CT molecular complexity index is 1760. The highest BCUT2D eigenvalue weighted by atomic mass is 19.1. The molecule has 1 atom stereocenters. The van der Waals surface area contributed by atoms with Gasteiger partial charge < -0.3 is 24.4 Å². The van der Waals surface area contributed by atoms with E-state index in [1.807, 2.05) is 0 Å². The number of benzene rings is 4. The number of carbonyl (C=O) groups is 4. The summed E-state index contributed by atoms with van der Waals surface area (Å²) in [6, 6.07) is 22.0. The molecule has 1 aliphatic rings. The largest absolute Gasteiger partial charge is 0.497 e. The molecule has 5 rings (SSSR count). The fourth-order valence-electron chi connectivity index (χ4n) is 5.13. The van der Waals surface area contributed by atoms with Crippen LogP contribution in [0.25, 0.3) is 0 Å². The third-order valence-corrected chi connectivity index (χ3v) is 7.40. The van der Waals surface area contributed by atoms with E-state index >= 15 is 0 Å². The zero-order valence-electron chi connectivity index (χ0n) is 24.8. The van der Waals surface area contributed by atoms with Crippen molar-refractivity contribution in [1.29, 1.82) is 0 Å². The lowest BCUT2D eigenvalue weighted by molar-refractivity contribution is -0.139. The number of nitrogens with one attached hydrogen (secondary N) is 1. The second-order valence-electron chi connectivity index (χ2n) is 10.1. The molecule has 0 aliphatic carbocycles. The van der Waals surface area contributed by atoms with E-state index in [-0.39, 0.29) is 23.4 Å². The molecule has 10 nitrogen and oxygen atoms in total. The Balaban J connectivity index is 1.57. The van der Waals surface area contributed by atoms with E-state index in [4.69, 9.17) is 14.2 Å². The Morgan fingerprint density at radius 3 is 2.24 bits per heavy atom. The van der Waals surface area contributed by atoms with Crippen LogP contribution in [0.2, 0.25) is 0 Å². The van der Waals surface area contributed by atoms with E-state index in [0.717, 1.165) is 4.90 Å². The molecule has 0 fully saturated rings. The maximum Gasteiger partial charge on any atom is 0.299 e. The lowest BCUT2D eigenvalue weighted by atomic mass is 10.0. The van der Waals surface area contributed by atoms with Crippen LogP contribution in [0.15, 0.2) is 91.0 Å². The molecule has 1 heterocycles. The fourth-order valence-corrected chi connectivity index (χ4v) is 5.13. The minimum absolute atomic E-state index is 0.102. The van der Waals surface area contributed by atoms with E-state index < -0.39 is 41.9 Å². The van der Waals surface area contributed by atoms with Crippen molar-refractivity contribution < 1.29 is 37.8 Å². The molecule has 0 radical (unpaired) electrons. The number of Topliss-reactive ketones (excluding diaryl/α,β-unsaturated/α-hetero) is 1. The number of nitrogens with zero attached hydrogens (tertiary/aromatic N) is 2. The molecule has 1 N–H and O–H groups in total. The second kappa shape index (κ2) is 13.3. The van der Waals surface area contributed by atoms with Crippen molar-refractivity contribution in [2.45, 2.75) is 12.6 Å².